The number of likely N-dealkylation sites (tertiary alicyclic amines) is 1. The number of aromatic nitrogens is 2. The summed E-state index contributed by atoms with van der Waals surface area (Å²) in [4.78, 5) is 24.8. The van der Waals surface area contributed by atoms with Crippen LogP contribution in [0.4, 0.5) is 5.69 Å². The molecule has 1 aromatic heterocycles. The zero-order valence-corrected chi connectivity index (χ0v) is 12.5. The van der Waals surface area contributed by atoms with E-state index in [1.165, 1.54) is 0 Å². The van der Waals surface area contributed by atoms with Crippen molar-refractivity contribution in [3.8, 4) is 0 Å². The average Bonchev–Trinajstić information content (AvgIpc) is 2.72. The molecule has 1 aliphatic rings. The first-order valence-electron chi connectivity index (χ1n) is 7.21. The molecule has 7 nitrogen and oxygen atoms in total. The number of H-pyrrole nitrogens is 1. The molecule has 1 fully saturated rings. The van der Waals surface area contributed by atoms with Crippen molar-refractivity contribution in [2.45, 2.75) is 33.1 Å². The second-order valence-corrected chi connectivity index (χ2v) is 5.67. The van der Waals surface area contributed by atoms with Gasteiger partial charge in [0.2, 0.25) is 5.91 Å². The lowest BCUT2D eigenvalue weighted by atomic mass is 9.94. The maximum atomic E-state index is 12.1. The third-order valence-electron chi connectivity index (χ3n) is 3.93. The standard InChI is InChI=1S/C14H22N4O3/c1-9-14(10(2)17-16-9)15-12(19)8-18-5-3-11(4-6-18)7-13(20)21/h11H,3-8H2,1-2H3,(H,15,19)(H,16,17)(H,20,21). The number of piperidine rings is 1. The largest absolute Gasteiger partial charge is 0.481 e. The summed E-state index contributed by atoms with van der Waals surface area (Å²) in [6.45, 7) is 5.59. The quantitative estimate of drug-likeness (QED) is 0.756. The van der Waals surface area contributed by atoms with Crippen molar-refractivity contribution in [1.82, 2.24) is 15.1 Å². The fraction of sp³-hybridized carbons (Fsp3) is 0.643. The Kier molecular flexibility index (Phi) is 4.95. The highest BCUT2D eigenvalue weighted by molar-refractivity contribution is 5.93. The fourth-order valence-corrected chi connectivity index (χ4v) is 2.71. The highest BCUT2D eigenvalue weighted by Crippen LogP contribution is 2.21. The van der Waals surface area contributed by atoms with E-state index in [-0.39, 0.29) is 18.2 Å². The van der Waals surface area contributed by atoms with Gasteiger partial charge in [0.05, 0.1) is 23.6 Å². The molecule has 0 unspecified atom stereocenters. The maximum Gasteiger partial charge on any atom is 0.303 e. The van der Waals surface area contributed by atoms with Gasteiger partial charge in [0.25, 0.3) is 0 Å². The maximum absolute atomic E-state index is 12.1. The molecule has 1 aromatic rings. The summed E-state index contributed by atoms with van der Waals surface area (Å²) in [5, 5.41) is 18.5. The number of nitrogens with zero attached hydrogens (tertiary/aromatic N) is 2. The molecule has 21 heavy (non-hydrogen) atoms. The van der Waals surface area contributed by atoms with Crippen molar-refractivity contribution < 1.29 is 14.7 Å². The van der Waals surface area contributed by atoms with Gasteiger partial charge in [0.15, 0.2) is 0 Å². The molecule has 116 valence electrons. The van der Waals surface area contributed by atoms with Gasteiger partial charge < -0.3 is 10.4 Å². The Morgan fingerprint density at radius 3 is 2.57 bits per heavy atom. The van der Waals surface area contributed by atoms with Crippen LogP contribution in [0.3, 0.4) is 0 Å². The number of carboxylic acid groups (broad SMARTS) is 1. The van der Waals surface area contributed by atoms with Crippen LogP contribution in [0.5, 0.6) is 0 Å². The van der Waals surface area contributed by atoms with Crippen LogP contribution in [0.15, 0.2) is 0 Å². The highest BCUT2D eigenvalue weighted by Gasteiger charge is 2.23. The van der Waals surface area contributed by atoms with Crippen molar-refractivity contribution >= 4 is 17.6 Å². The summed E-state index contributed by atoms with van der Waals surface area (Å²) in [7, 11) is 0. The fourth-order valence-electron chi connectivity index (χ4n) is 2.71. The van der Waals surface area contributed by atoms with Crippen LogP contribution in [-0.2, 0) is 9.59 Å². The summed E-state index contributed by atoms with van der Waals surface area (Å²) in [6, 6.07) is 0. The number of aromatic amines is 1. The van der Waals surface area contributed by atoms with Gasteiger partial charge in [-0.15, -0.1) is 0 Å². The molecule has 1 aliphatic heterocycles. The number of carbonyl (C=O) groups excluding carboxylic acids is 1. The molecule has 2 rings (SSSR count). The third kappa shape index (κ3) is 4.29. The Labute approximate surface area is 123 Å². The van der Waals surface area contributed by atoms with E-state index in [1.54, 1.807) is 0 Å². The van der Waals surface area contributed by atoms with Gasteiger partial charge in [-0.3, -0.25) is 19.6 Å². The predicted octanol–water partition coefficient (Wildman–Crippen LogP) is 1.15. The summed E-state index contributed by atoms with van der Waals surface area (Å²) >= 11 is 0. The number of rotatable bonds is 5. The molecule has 3 N–H and O–H groups in total. The molecule has 0 radical (unpaired) electrons. The smallest absolute Gasteiger partial charge is 0.303 e. The molecule has 0 aliphatic carbocycles. The topological polar surface area (TPSA) is 98.3 Å². The van der Waals surface area contributed by atoms with Crippen LogP contribution in [0.1, 0.15) is 30.7 Å². The minimum Gasteiger partial charge on any atom is -0.481 e. The van der Waals surface area contributed by atoms with E-state index in [0.717, 1.165) is 43.0 Å². The predicted molar refractivity (Wildman–Crippen MR) is 78.1 cm³/mol. The third-order valence-corrected chi connectivity index (χ3v) is 3.93. The molecule has 1 amide bonds. The number of nitrogens with one attached hydrogen (secondary N) is 2. The minimum atomic E-state index is -0.739. The van der Waals surface area contributed by atoms with E-state index in [9.17, 15) is 9.59 Å². The van der Waals surface area contributed by atoms with Crippen molar-refractivity contribution in [3.05, 3.63) is 11.4 Å². The Morgan fingerprint density at radius 1 is 1.38 bits per heavy atom. The van der Waals surface area contributed by atoms with E-state index in [2.05, 4.69) is 20.4 Å². The first-order chi connectivity index (χ1) is 9.95. The number of carboxylic acids is 1. The number of aryl methyl sites for hydroxylation is 2. The number of amides is 1. The molecular weight excluding hydrogens is 272 g/mol. The average molecular weight is 294 g/mol. The van der Waals surface area contributed by atoms with Gasteiger partial charge in [-0.1, -0.05) is 0 Å². The number of hydrogen-bond donors (Lipinski definition) is 3. The Balaban J connectivity index is 1.78. The minimum absolute atomic E-state index is 0.0562. The van der Waals surface area contributed by atoms with Crippen LogP contribution in [0.2, 0.25) is 0 Å². The van der Waals surface area contributed by atoms with Gasteiger partial charge in [-0.05, 0) is 45.7 Å². The first-order valence-corrected chi connectivity index (χ1v) is 7.21. The van der Waals surface area contributed by atoms with Gasteiger partial charge in [-0.2, -0.15) is 5.10 Å². The van der Waals surface area contributed by atoms with Crippen LogP contribution < -0.4 is 5.32 Å². The van der Waals surface area contributed by atoms with Crippen molar-refractivity contribution in [3.63, 3.8) is 0 Å². The van der Waals surface area contributed by atoms with Crippen molar-refractivity contribution in [1.29, 1.82) is 0 Å². The van der Waals surface area contributed by atoms with Gasteiger partial charge in [0, 0.05) is 6.42 Å². The van der Waals surface area contributed by atoms with E-state index < -0.39 is 5.97 Å². The molecule has 0 atom stereocenters. The number of aliphatic carboxylic acids is 1. The van der Waals surface area contributed by atoms with Crippen molar-refractivity contribution in [2.24, 2.45) is 5.92 Å². The zero-order valence-electron chi connectivity index (χ0n) is 12.5. The van der Waals surface area contributed by atoms with Crippen LogP contribution in [-0.4, -0.2) is 51.7 Å². The van der Waals surface area contributed by atoms with Crippen LogP contribution >= 0.6 is 0 Å². The zero-order chi connectivity index (χ0) is 15.4. The summed E-state index contributed by atoms with van der Waals surface area (Å²) in [5.74, 6) is -0.559. The summed E-state index contributed by atoms with van der Waals surface area (Å²) in [5.41, 5.74) is 2.38. The lowest BCUT2D eigenvalue weighted by Gasteiger charge is -2.30. The van der Waals surface area contributed by atoms with Gasteiger partial charge >= 0.3 is 5.97 Å². The normalized spacial score (nSPS) is 16.9. The highest BCUT2D eigenvalue weighted by atomic mass is 16.4. The van der Waals surface area contributed by atoms with Crippen LogP contribution in [0.25, 0.3) is 0 Å². The number of anilines is 1. The van der Waals surface area contributed by atoms with Crippen molar-refractivity contribution in [2.75, 3.05) is 25.0 Å². The van der Waals surface area contributed by atoms with E-state index in [1.807, 2.05) is 13.8 Å². The lowest BCUT2D eigenvalue weighted by Crippen LogP contribution is -2.39. The lowest BCUT2D eigenvalue weighted by molar-refractivity contribution is -0.138. The van der Waals surface area contributed by atoms with Crippen LogP contribution in [0, 0.1) is 19.8 Å². The molecule has 0 spiro atoms. The second-order valence-electron chi connectivity index (χ2n) is 5.67. The van der Waals surface area contributed by atoms with E-state index in [4.69, 9.17) is 5.11 Å². The SMILES string of the molecule is Cc1n[nH]c(C)c1NC(=O)CN1CCC(CC(=O)O)CC1. The van der Waals surface area contributed by atoms with E-state index in [0.29, 0.717) is 6.54 Å². The molecule has 2 heterocycles. The molecule has 0 aromatic carbocycles. The molecule has 1 saturated heterocycles. The monoisotopic (exact) mass is 294 g/mol. The Bertz CT molecular complexity index is 499. The Morgan fingerprint density at radius 2 is 2.05 bits per heavy atom. The summed E-state index contributed by atoms with van der Waals surface area (Å²) in [6.07, 6.45) is 1.90. The molecule has 0 bridgehead atoms. The summed E-state index contributed by atoms with van der Waals surface area (Å²) < 4.78 is 0. The molecular formula is C14H22N4O3. The van der Waals surface area contributed by atoms with Gasteiger partial charge in [0.1, 0.15) is 0 Å². The second kappa shape index (κ2) is 6.71. The van der Waals surface area contributed by atoms with E-state index >= 15 is 0 Å². The Hall–Kier alpha value is -1.89. The molecule has 0 saturated carbocycles. The number of carbonyl (C=O) groups is 2. The molecule has 7 heteroatoms. The first kappa shape index (κ1) is 15.5. The number of hydrogen-bond acceptors (Lipinski definition) is 4. The van der Waals surface area contributed by atoms with Gasteiger partial charge in [-0.25, -0.2) is 0 Å².